The zero-order valence-electron chi connectivity index (χ0n) is 13.3. The van der Waals surface area contributed by atoms with Gasteiger partial charge >= 0.3 is 0 Å². The Balaban J connectivity index is 1.59. The molecule has 1 aliphatic heterocycles. The predicted molar refractivity (Wildman–Crippen MR) is 89.4 cm³/mol. The number of benzene rings is 2. The quantitative estimate of drug-likeness (QED) is 0.924. The number of carbonyl (C=O) groups excluding carboxylic acids is 1. The number of piperidine rings is 1. The topological polar surface area (TPSA) is 32.3 Å². The number of anilines is 1. The Morgan fingerprint density at radius 2 is 1.92 bits per heavy atom. The van der Waals surface area contributed by atoms with Crippen LogP contribution in [0.4, 0.5) is 14.5 Å². The lowest BCUT2D eigenvalue weighted by Crippen LogP contribution is -2.40. The molecule has 3 rings (SSSR count). The van der Waals surface area contributed by atoms with Crippen molar-refractivity contribution in [1.29, 1.82) is 0 Å². The van der Waals surface area contributed by atoms with E-state index < -0.39 is 11.6 Å². The predicted octanol–water partition coefficient (Wildman–Crippen LogP) is 3.82. The highest BCUT2D eigenvalue weighted by atomic mass is 19.2. The summed E-state index contributed by atoms with van der Waals surface area (Å²) in [5.41, 5.74) is 1.51. The minimum atomic E-state index is -0.956. The molecule has 24 heavy (non-hydrogen) atoms. The van der Waals surface area contributed by atoms with Crippen molar-refractivity contribution in [2.45, 2.75) is 19.4 Å². The van der Waals surface area contributed by atoms with Crippen LogP contribution < -0.4 is 5.32 Å². The lowest BCUT2D eigenvalue weighted by atomic mass is 9.96. The first-order valence-electron chi connectivity index (χ1n) is 8.14. The fraction of sp³-hybridized carbons (Fsp3) is 0.316. The van der Waals surface area contributed by atoms with Gasteiger partial charge in [0.2, 0.25) is 5.91 Å². The van der Waals surface area contributed by atoms with Crippen LogP contribution in [-0.2, 0) is 11.3 Å². The molecule has 2 aromatic rings. The zero-order chi connectivity index (χ0) is 16.9. The van der Waals surface area contributed by atoms with Crippen molar-refractivity contribution in [3.63, 3.8) is 0 Å². The van der Waals surface area contributed by atoms with Crippen LogP contribution in [0.15, 0.2) is 48.5 Å². The number of halogens is 2. The molecule has 0 aromatic heterocycles. The highest BCUT2D eigenvalue weighted by Gasteiger charge is 2.26. The van der Waals surface area contributed by atoms with E-state index in [0.717, 1.165) is 38.1 Å². The van der Waals surface area contributed by atoms with Gasteiger partial charge in [-0.25, -0.2) is 8.78 Å². The van der Waals surface area contributed by atoms with Crippen molar-refractivity contribution >= 4 is 11.6 Å². The molecular formula is C19H20F2N2O. The SMILES string of the molecule is O=C(Nc1ccc(F)c(F)c1)C1CCCN(Cc2ccccc2)C1. The molecule has 1 saturated heterocycles. The Kier molecular flexibility index (Phi) is 5.20. The third kappa shape index (κ3) is 4.17. The number of carbonyl (C=O) groups is 1. The summed E-state index contributed by atoms with van der Waals surface area (Å²) >= 11 is 0. The highest BCUT2D eigenvalue weighted by Crippen LogP contribution is 2.21. The molecule has 0 bridgehead atoms. The Bertz CT molecular complexity index is 706. The normalized spacial score (nSPS) is 18.3. The van der Waals surface area contributed by atoms with Gasteiger partial charge in [-0.3, -0.25) is 9.69 Å². The van der Waals surface area contributed by atoms with Crippen LogP contribution >= 0.6 is 0 Å². The molecule has 1 heterocycles. The molecule has 1 atom stereocenters. The van der Waals surface area contributed by atoms with E-state index >= 15 is 0 Å². The summed E-state index contributed by atoms with van der Waals surface area (Å²) in [7, 11) is 0. The number of likely N-dealkylation sites (tertiary alicyclic amines) is 1. The monoisotopic (exact) mass is 330 g/mol. The first-order chi connectivity index (χ1) is 11.6. The maximum atomic E-state index is 13.2. The lowest BCUT2D eigenvalue weighted by Gasteiger charge is -2.32. The number of rotatable bonds is 4. The van der Waals surface area contributed by atoms with Crippen molar-refractivity contribution in [2.24, 2.45) is 5.92 Å². The minimum Gasteiger partial charge on any atom is -0.326 e. The zero-order valence-corrected chi connectivity index (χ0v) is 13.3. The van der Waals surface area contributed by atoms with Gasteiger partial charge in [0.15, 0.2) is 11.6 Å². The summed E-state index contributed by atoms with van der Waals surface area (Å²) in [6.45, 7) is 2.45. The number of nitrogens with zero attached hydrogens (tertiary/aromatic N) is 1. The summed E-state index contributed by atoms with van der Waals surface area (Å²) in [6, 6.07) is 13.6. The summed E-state index contributed by atoms with van der Waals surface area (Å²) < 4.78 is 26.2. The van der Waals surface area contributed by atoms with Crippen molar-refractivity contribution in [1.82, 2.24) is 4.90 Å². The molecular weight excluding hydrogens is 310 g/mol. The number of amides is 1. The van der Waals surface area contributed by atoms with E-state index in [9.17, 15) is 13.6 Å². The molecule has 0 radical (unpaired) electrons. The maximum Gasteiger partial charge on any atom is 0.228 e. The van der Waals surface area contributed by atoms with Crippen molar-refractivity contribution in [3.8, 4) is 0 Å². The Hall–Kier alpha value is -2.27. The molecule has 126 valence electrons. The molecule has 1 aliphatic rings. The molecule has 1 N–H and O–H groups in total. The molecule has 1 unspecified atom stereocenters. The fourth-order valence-electron chi connectivity index (χ4n) is 3.07. The molecule has 0 spiro atoms. The van der Waals surface area contributed by atoms with Gasteiger partial charge in [-0.05, 0) is 37.1 Å². The van der Waals surface area contributed by atoms with Gasteiger partial charge in [-0.1, -0.05) is 30.3 Å². The number of hydrogen-bond acceptors (Lipinski definition) is 2. The van der Waals surface area contributed by atoms with E-state index in [1.54, 1.807) is 0 Å². The maximum absolute atomic E-state index is 13.2. The highest BCUT2D eigenvalue weighted by molar-refractivity contribution is 5.92. The number of hydrogen-bond donors (Lipinski definition) is 1. The summed E-state index contributed by atoms with van der Waals surface area (Å²) in [5, 5.41) is 2.69. The van der Waals surface area contributed by atoms with E-state index in [0.29, 0.717) is 12.2 Å². The van der Waals surface area contributed by atoms with Crippen molar-refractivity contribution in [3.05, 3.63) is 65.7 Å². The van der Waals surface area contributed by atoms with Crippen LogP contribution in [0, 0.1) is 17.6 Å². The van der Waals surface area contributed by atoms with Crippen LogP contribution in [0.25, 0.3) is 0 Å². The summed E-state index contributed by atoms with van der Waals surface area (Å²) in [6.07, 6.45) is 1.75. The summed E-state index contributed by atoms with van der Waals surface area (Å²) in [4.78, 5) is 14.7. The second-order valence-corrected chi connectivity index (χ2v) is 6.18. The first kappa shape index (κ1) is 16.6. The van der Waals surface area contributed by atoms with E-state index in [4.69, 9.17) is 0 Å². The Morgan fingerprint density at radius 3 is 2.67 bits per heavy atom. The van der Waals surface area contributed by atoms with E-state index in [1.165, 1.54) is 11.6 Å². The van der Waals surface area contributed by atoms with E-state index in [-0.39, 0.29) is 11.8 Å². The van der Waals surface area contributed by atoms with Gasteiger partial charge in [-0.15, -0.1) is 0 Å². The minimum absolute atomic E-state index is 0.140. The molecule has 1 amide bonds. The Labute approximate surface area is 140 Å². The largest absolute Gasteiger partial charge is 0.326 e. The van der Waals surface area contributed by atoms with Crippen LogP contribution in [-0.4, -0.2) is 23.9 Å². The van der Waals surface area contributed by atoms with Crippen LogP contribution in [0.5, 0.6) is 0 Å². The molecule has 0 aliphatic carbocycles. The molecule has 3 nitrogen and oxygen atoms in total. The van der Waals surface area contributed by atoms with Crippen molar-refractivity contribution in [2.75, 3.05) is 18.4 Å². The van der Waals surface area contributed by atoms with Crippen LogP contribution in [0.2, 0.25) is 0 Å². The van der Waals surface area contributed by atoms with E-state index in [2.05, 4.69) is 22.3 Å². The third-order valence-electron chi connectivity index (χ3n) is 4.31. The van der Waals surface area contributed by atoms with Crippen molar-refractivity contribution < 1.29 is 13.6 Å². The van der Waals surface area contributed by atoms with Gasteiger partial charge in [0.1, 0.15) is 0 Å². The molecule has 0 saturated carbocycles. The van der Waals surface area contributed by atoms with Gasteiger partial charge in [0.25, 0.3) is 0 Å². The average Bonchev–Trinajstić information content (AvgIpc) is 2.59. The Morgan fingerprint density at radius 1 is 1.12 bits per heavy atom. The van der Waals surface area contributed by atoms with Gasteiger partial charge in [0.05, 0.1) is 5.92 Å². The first-order valence-corrected chi connectivity index (χ1v) is 8.14. The second kappa shape index (κ2) is 7.53. The van der Waals surface area contributed by atoms with E-state index in [1.807, 2.05) is 18.2 Å². The lowest BCUT2D eigenvalue weighted by molar-refractivity contribution is -0.121. The molecule has 2 aromatic carbocycles. The number of nitrogens with one attached hydrogen (secondary N) is 1. The standard InChI is InChI=1S/C19H20F2N2O/c20-17-9-8-16(11-18(17)21)22-19(24)15-7-4-10-23(13-15)12-14-5-2-1-3-6-14/h1-3,5-6,8-9,11,15H,4,7,10,12-13H2,(H,22,24). The fourth-order valence-corrected chi connectivity index (χ4v) is 3.07. The van der Waals surface area contributed by atoms with Gasteiger partial charge < -0.3 is 5.32 Å². The smallest absolute Gasteiger partial charge is 0.228 e. The van der Waals surface area contributed by atoms with Gasteiger partial charge in [0, 0.05) is 24.8 Å². The van der Waals surface area contributed by atoms with Crippen LogP contribution in [0.3, 0.4) is 0 Å². The molecule has 1 fully saturated rings. The average molecular weight is 330 g/mol. The van der Waals surface area contributed by atoms with Gasteiger partial charge in [-0.2, -0.15) is 0 Å². The third-order valence-corrected chi connectivity index (χ3v) is 4.31. The van der Waals surface area contributed by atoms with Crippen LogP contribution in [0.1, 0.15) is 18.4 Å². The summed E-state index contributed by atoms with van der Waals surface area (Å²) in [5.74, 6) is -2.16. The second-order valence-electron chi connectivity index (χ2n) is 6.18. The molecule has 5 heteroatoms.